The van der Waals surface area contributed by atoms with Gasteiger partial charge in [0.05, 0.1) is 16.4 Å². The van der Waals surface area contributed by atoms with Gasteiger partial charge in [0.2, 0.25) is 0 Å². The molecule has 0 saturated heterocycles. The minimum absolute atomic E-state index is 0.616. The van der Waals surface area contributed by atoms with E-state index in [1.807, 2.05) is 11.3 Å². The van der Waals surface area contributed by atoms with Crippen molar-refractivity contribution >= 4 is 87.4 Å². The molecule has 16 rings (SSSR count). The third-order valence-corrected chi connectivity index (χ3v) is 17.3. The molecule has 0 bridgehead atoms. The molecule has 4 nitrogen and oxygen atoms in total. The monoisotopic (exact) mass is 1010 g/mol. The molecule has 0 atom stereocenters. The number of para-hydroxylation sites is 4. The second kappa shape index (κ2) is 17.6. The van der Waals surface area contributed by atoms with Crippen LogP contribution in [0.25, 0.3) is 69.9 Å². The molecule has 1 spiro atoms. The second-order valence-corrected chi connectivity index (χ2v) is 21.5. The van der Waals surface area contributed by atoms with Gasteiger partial charge < -0.3 is 19.1 Å². The molecular weight excluding hydrogens is 967 g/mol. The van der Waals surface area contributed by atoms with Gasteiger partial charge in [-0.1, -0.05) is 170 Å². The fraction of sp³-hybridized carbons (Fsp3) is 0.0137. The largest absolute Gasteiger partial charge is 0.457 e. The number of hydrogen-bond donors (Lipinski definition) is 0. The molecule has 0 fully saturated rings. The van der Waals surface area contributed by atoms with E-state index >= 15 is 0 Å². The number of aromatic nitrogens is 1. The molecule has 366 valence electrons. The van der Waals surface area contributed by atoms with Crippen molar-refractivity contribution in [3.8, 4) is 39.4 Å². The van der Waals surface area contributed by atoms with Crippen molar-refractivity contribution in [3.63, 3.8) is 0 Å². The molecule has 0 radical (unpaired) electrons. The van der Waals surface area contributed by atoms with Gasteiger partial charge in [-0.3, -0.25) is 0 Å². The summed E-state index contributed by atoms with van der Waals surface area (Å²) >= 11 is 1.85. The topological polar surface area (TPSA) is 20.6 Å². The average Bonchev–Trinajstić information content (AvgIpc) is 4.27. The highest BCUT2D eigenvalue weighted by Gasteiger charge is 2.51. The summed E-state index contributed by atoms with van der Waals surface area (Å²) in [6.45, 7) is 0. The van der Waals surface area contributed by atoms with E-state index in [1.165, 1.54) is 64.2 Å². The number of thiophene rings is 1. The number of anilines is 6. The molecule has 2 aromatic heterocycles. The van der Waals surface area contributed by atoms with Crippen molar-refractivity contribution in [2.45, 2.75) is 5.41 Å². The van der Waals surface area contributed by atoms with Crippen LogP contribution in [-0.4, -0.2) is 4.57 Å². The van der Waals surface area contributed by atoms with Crippen LogP contribution in [0.4, 0.5) is 34.1 Å². The predicted octanol–water partition coefficient (Wildman–Crippen LogP) is 20.2. The van der Waals surface area contributed by atoms with Gasteiger partial charge in [-0.25, -0.2) is 0 Å². The Morgan fingerprint density at radius 3 is 1.64 bits per heavy atom. The van der Waals surface area contributed by atoms with Gasteiger partial charge in [0.1, 0.15) is 11.5 Å². The molecule has 78 heavy (non-hydrogen) atoms. The first-order valence-corrected chi connectivity index (χ1v) is 27.5. The lowest BCUT2D eigenvalue weighted by atomic mass is 9.66. The van der Waals surface area contributed by atoms with Crippen LogP contribution in [0, 0.1) is 0 Å². The lowest BCUT2D eigenvalue weighted by Crippen LogP contribution is -2.32. The van der Waals surface area contributed by atoms with Crippen LogP contribution in [0.1, 0.15) is 22.3 Å². The maximum Gasteiger partial charge on any atom is 0.132 e. The van der Waals surface area contributed by atoms with Crippen molar-refractivity contribution in [1.29, 1.82) is 0 Å². The smallest absolute Gasteiger partial charge is 0.132 e. The molecule has 0 amide bonds. The van der Waals surface area contributed by atoms with Crippen LogP contribution in [0.15, 0.2) is 285 Å². The molecule has 0 N–H and O–H groups in total. The van der Waals surface area contributed by atoms with Gasteiger partial charge in [0, 0.05) is 81.9 Å². The minimum atomic E-state index is -0.616. The Hall–Kier alpha value is -9.94. The summed E-state index contributed by atoms with van der Waals surface area (Å²) in [5.41, 5.74) is 18.8. The Balaban J connectivity index is 0.874. The lowest BCUT2D eigenvalue weighted by molar-refractivity contribution is 0.436. The van der Waals surface area contributed by atoms with E-state index in [9.17, 15) is 0 Å². The average molecular weight is 1010 g/mol. The first kappa shape index (κ1) is 44.4. The number of rotatable bonds is 8. The van der Waals surface area contributed by atoms with Crippen LogP contribution >= 0.6 is 11.3 Å². The summed E-state index contributed by atoms with van der Waals surface area (Å²) in [6, 6.07) is 104. The van der Waals surface area contributed by atoms with Crippen LogP contribution in [0.2, 0.25) is 0 Å². The van der Waals surface area contributed by atoms with Gasteiger partial charge in [0.15, 0.2) is 0 Å². The van der Waals surface area contributed by atoms with E-state index < -0.39 is 5.41 Å². The normalized spacial score (nSPS) is 12.8. The molecule has 12 aromatic carbocycles. The Labute approximate surface area is 456 Å². The number of hydrogen-bond acceptors (Lipinski definition) is 4. The van der Waals surface area contributed by atoms with E-state index in [2.05, 4.69) is 299 Å². The third-order valence-electron chi connectivity index (χ3n) is 16.2. The fourth-order valence-corrected chi connectivity index (χ4v) is 14.1. The van der Waals surface area contributed by atoms with Crippen molar-refractivity contribution in [3.05, 3.63) is 307 Å². The van der Waals surface area contributed by atoms with Crippen molar-refractivity contribution < 1.29 is 4.74 Å². The van der Waals surface area contributed by atoms with Crippen molar-refractivity contribution in [2.75, 3.05) is 9.80 Å². The summed E-state index contributed by atoms with van der Waals surface area (Å²) < 4.78 is 11.9. The highest BCUT2D eigenvalue weighted by molar-refractivity contribution is 7.25. The van der Waals surface area contributed by atoms with Gasteiger partial charge in [0.25, 0.3) is 0 Å². The molecule has 1 aliphatic heterocycles. The second-order valence-electron chi connectivity index (χ2n) is 20.4. The van der Waals surface area contributed by atoms with Crippen LogP contribution in [-0.2, 0) is 5.41 Å². The van der Waals surface area contributed by atoms with Crippen LogP contribution in [0.5, 0.6) is 11.5 Å². The summed E-state index contributed by atoms with van der Waals surface area (Å²) in [6.07, 6.45) is 0. The number of nitrogens with zero attached hydrogens (tertiary/aromatic N) is 3. The standard InChI is InChI=1S/C73H47N3OS/c1-3-20-50(21-4-1)74(52-24-17-19-48(43-52)49-37-41-68-62(44-49)59-29-9-14-34-67(59)76(68)51-22-5-2-6-23-51)53-25-18-26-54(45-53)75(56-38-40-61-60-30-10-16-36-71(60)78-72(61)47-56)55-39-42-70-66(46-55)73(65-33-13-15-35-69(65)77-70)63-31-11-7-27-57(63)58-28-8-12-32-64(58)73/h1-47H. The molecule has 5 heteroatoms. The predicted molar refractivity (Wildman–Crippen MR) is 326 cm³/mol. The summed E-state index contributed by atoms with van der Waals surface area (Å²) in [5.74, 6) is 1.74. The minimum Gasteiger partial charge on any atom is -0.457 e. The summed E-state index contributed by atoms with van der Waals surface area (Å²) in [7, 11) is 0. The zero-order valence-electron chi connectivity index (χ0n) is 42.3. The van der Waals surface area contributed by atoms with Crippen molar-refractivity contribution in [2.24, 2.45) is 0 Å². The van der Waals surface area contributed by atoms with Gasteiger partial charge in [-0.05, 0) is 149 Å². The summed E-state index contributed by atoms with van der Waals surface area (Å²) in [5, 5.41) is 5.00. The number of fused-ring (bicyclic) bond motifs is 15. The maximum absolute atomic E-state index is 6.96. The lowest BCUT2D eigenvalue weighted by Gasteiger charge is -2.40. The zero-order chi connectivity index (χ0) is 51.3. The number of benzene rings is 12. The zero-order valence-corrected chi connectivity index (χ0v) is 43.1. The SMILES string of the molecule is c1ccc(N(c2cccc(-c3ccc4c(c3)c3ccccc3n4-c3ccccc3)c2)c2cccc(N(c3ccc4c(c3)C3(c5ccccc5O4)c4ccccc4-c4ccccc43)c3ccc4c(c3)sc3ccccc34)c2)cc1. The van der Waals surface area contributed by atoms with Crippen LogP contribution < -0.4 is 14.5 Å². The molecule has 2 aliphatic rings. The van der Waals surface area contributed by atoms with E-state index in [0.717, 1.165) is 73.6 Å². The first-order valence-electron chi connectivity index (χ1n) is 26.6. The quantitative estimate of drug-likeness (QED) is 0.151. The Morgan fingerprint density at radius 2 is 0.846 bits per heavy atom. The molecule has 1 aliphatic carbocycles. The van der Waals surface area contributed by atoms with E-state index in [4.69, 9.17) is 4.74 Å². The Bertz CT molecular complexity index is 4640. The molecule has 0 unspecified atom stereocenters. The van der Waals surface area contributed by atoms with E-state index in [-0.39, 0.29) is 0 Å². The molecule has 0 saturated carbocycles. The van der Waals surface area contributed by atoms with Crippen molar-refractivity contribution in [1.82, 2.24) is 4.57 Å². The third kappa shape index (κ3) is 6.72. The van der Waals surface area contributed by atoms with E-state index in [0.29, 0.717) is 0 Å². The van der Waals surface area contributed by atoms with E-state index in [1.54, 1.807) is 0 Å². The number of ether oxygens (including phenoxy) is 1. The molecule has 3 heterocycles. The van der Waals surface area contributed by atoms with Crippen LogP contribution in [0.3, 0.4) is 0 Å². The Kier molecular flexibility index (Phi) is 9.99. The first-order chi connectivity index (χ1) is 38.7. The highest BCUT2D eigenvalue weighted by Crippen LogP contribution is 2.63. The van der Waals surface area contributed by atoms with Gasteiger partial charge in [-0.2, -0.15) is 0 Å². The highest BCUT2D eigenvalue weighted by atomic mass is 32.1. The Morgan fingerprint density at radius 1 is 0.308 bits per heavy atom. The maximum atomic E-state index is 6.96. The molecular formula is C73H47N3OS. The van der Waals surface area contributed by atoms with Gasteiger partial charge in [-0.15, -0.1) is 11.3 Å². The fourth-order valence-electron chi connectivity index (χ4n) is 12.9. The van der Waals surface area contributed by atoms with Gasteiger partial charge >= 0.3 is 0 Å². The molecule has 14 aromatic rings. The summed E-state index contributed by atoms with van der Waals surface area (Å²) in [4.78, 5) is 4.83.